The quantitative estimate of drug-likeness (QED) is 0.681. The van der Waals surface area contributed by atoms with Gasteiger partial charge in [0.2, 0.25) is 0 Å². The summed E-state index contributed by atoms with van der Waals surface area (Å²) in [5, 5.41) is 11.1. The summed E-state index contributed by atoms with van der Waals surface area (Å²) < 4.78 is 23.5. The molecule has 2 aliphatic rings. The summed E-state index contributed by atoms with van der Waals surface area (Å²) in [6, 6.07) is 12.0. The van der Waals surface area contributed by atoms with Crippen molar-refractivity contribution in [3.8, 4) is 11.5 Å². The van der Waals surface area contributed by atoms with Crippen LogP contribution in [0.2, 0.25) is 5.02 Å². The Labute approximate surface area is 188 Å². The molecule has 0 spiro atoms. The first-order valence-corrected chi connectivity index (χ1v) is 11.2. The van der Waals surface area contributed by atoms with Gasteiger partial charge in [-0.15, -0.1) is 0 Å². The second-order valence-corrected chi connectivity index (χ2v) is 8.33. The fourth-order valence-corrected chi connectivity index (χ4v) is 4.28. The van der Waals surface area contributed by atoms with Crippen molar-refractivity contribution in [2.45, 2.75) is 44.5 Å². The molecule has 0 aromatic heterocycles. The van der Waals surface area contributed by atoms with Gasteiger partial charge in [-0.1, -0.05) is 29.8 Å². The van der Waals surface area contributed by atoms with Gasteiger partial charge in [0.1, 0.15) is 18.1 Å². The van der Waals surface area contributed by atoms with E-state index < -0.39 is 6.10 Å². The van der Waals surface area contributed by atoms with Crippen LogP contribution in [0.3, 0.4) is 0 Å². The molecule has 4 rings (SSSR count). The highest BCUT2D eigenvalue weighted by atomic mass is 35.5. The van der Waals surface area contributed by atoms with Crippen molar-refractivity contribution in [2.24, 2.45) is 0 Å². The highest BCUT2D eigenvalue weighted by molar-refractivity contribution is 6.31. The number of fused-ring (bicyclic) bond motifs is 4. The molecule has 3 unspecified atom stereocenters. The molecule has 0 saturated carbocycles. The summed E-state index contributed by atoms with van der Waals surface area (Å²) in [5.74, 6) is 1.55. The van der Waals surface area contributed by atoms with Crippen LogP contribution in [0.4, 0.5) is 0 Å². The molecule has 31 heavy (non-hydrogen) atoms. The number of benzene rings is 2. The van der Waals surface area contributed by atoms with Gasteiger partial charge in [0.05, 0.1) is 38.1 Å². The molecule has 1 N–H and O–H groups in total. The summed E-state index contributed by atoms with van der Waals surface area (Å²) in [6.45, 7) is 3.99. The minimum absolute atomic E-state index is 0.153. The van der Waals surface area contributed by atoms with E-state index in [1.165, 1.54) is 0 Å². The summed E-state index contributed by atoms with van der Waals surface area (Å²) >= 11 is 6.65. The van der Waals surface area contributed by atoms with Crippen molar-refractivity contribution < 1.29 is 24.1 Å². The van der Waals surface area contributed by atoms with Crippen LogP contribution in [-0.4, -0.2) is 43.7 Å². The van der Waals surface area contributed by atoms with Crippen molar-refractivity contribution in [2.75, 3.05) is 26.4 Å². The Bertz CT molecular complexity index is 896. The van der Waals surface area contributed by atoms with Crippen molar-refractivity contribution in [1.82, 2.24) is 0 Å². The summed E-state index contributed by atoms with van der Waals surface area (Å²) in [4.78, 5) is 0. The predicted octanol–water partition coefficient (Wildman–Crippen LogP) is 4.88. The van der Waals surface area contributed by atoms with E-state index in [1.807, 2.05) is 37.3 Å². The molecular formula is C25H29ClO5. The predicted molar refractivity (Wildman–Crippen MR) is 120 cm³/mol. The Morgan fingerprint density at radius 1 is 1.10 bits per heavy atom. The lowest BCUT2D eigenvalue weighted by molar-refractivity contribution is -0.121. The Kier molecular flexibility index (Phi) is 7.51. The van der Waals surface area contributed by atoms with E-state index >= 15 is 0 Å². The number of halogens is 1. The third kappa shape index (κ3) is 5.80. The molecule has 1 fully saturated rings. The molecule has 0 amide bonds. The van der Waals surface area contributed by atoms with Crippen LogP contribution < -0.4 is 9.47 Å². The zero-order valence-corrected chi connectivity index (χ0v) is 18.5. The van der Waals surface area contributed by atoms with Crippen molar-refractivity contribution in [3.63, 3.8) is 0 Å². The molecular weight excluding hydrogens is 416 g/mol. The maximum Gasteiger partial charge on any atom is 0.127 e. The van der Waals surface area contributed by atoms with Crippen molar-refractivity contribution >= 4 is 11.6 Å². The second kappa shape index (κ2) is 10.5. The topological polar surface area (TPSA) is 57.2 Å². The first-order valence-electron chi connectivity index (χ1n) is 10.9. The molecule has 3 atom stereocenters. The fraction of sp³-hybridized carbons (Fsp3) is 0.440. The third-order valence-electron chi connectivity index (χ3n) is 5.55. The second-order valence-electron chi connectivity index (χ2n) is 7.93. The third-order valence-corrected chi connectivity index (χ3v) is 5.90. The largest absolute Gasteiger partial charge is 0.494 e. The van der Waals surface area contributed by atoms with Crippen LogP contribution in [0.5, 0.6) is 11.5 Å². The number of rotatable bonds is 4. The van der Waals surface area contributed by atoms with Gasteiger partial charge >= 0.3 is 0 Å². The number of aliphatic hydroxyl groups excluding tert-OH is 1. The van der Waals surface area contributed by atoms with Crippen LogP contribution in [0.1, 0.15) is 42.6 Å². The van der Waals surface area contributed by atoms with E-state index in [9.17, 15) is 5.11 Å². The zero-order chi connectivity index (χ0) is 21.6. The smallest absolute Gasteiger partial charge is 0.127 e. The zero-order valence-electron chi connectivity index (χ0n) is 17.8. The van der Waals surface area contributed by atoms with Gasteiger partial charge in [-0.25, -0.2) is 0 Å². The molecule has 6 heteroatoms. The molecule has 2 aromatic carbocycles. The standard InChI is InChI=1S/C25H29ClO5/c1-2-29-20-7-5-17(6-8-20)11-18-12-22-24(15-23(18)26)30-10-4-3-9-28-16-21-13-19(27)14-25(22)31-21/h3-8,12,15,19,21,25,27H,2,9-11,13-14,16H2,1H3/b4-3-. The van der Waals surface area contributed by atoms with E-state index in [1.54, 1.807) is 0 Å². The Morgan fingerprint density at radius 3 is 2.71 bits per heavy atom. The minimum Gasteiger partial charge on any atom is -0.494 e. The molecule has 1 saturated heterocycles. The molecule has 0 aliphatic carbocycles. The van der Waals surface area contributed by atoms with Crippen LogP contribution in [-0.2, 0) is 15.9 Å². The molecule has 5 nitrogen and oxygen atoms in total. The first-order chi connectivity index (χ1) is 15.1. The van der Waals surface area contributed by atoms with Crippen LogP contribution in [0, 0.1) is 0 Å². The number of aliphatic hydroxyl groups is 1. The average molecular weight is 445 g/mol. The summed E-state index contributed by atoms with van der Waals surface area (Å²) in [5.41, 5.74) is 3.05. The van der Waals surface area contributed by atoms with Crippen LogP contribution >= 0.6 is 11.6 Å². The number of ether oxygens (including phenoxy) is 4. The molecule has 0 radical (unpaired) electrons. The van der Waals surface area contributed by atoms with Gasteiger partial charge in [-0.3, -0.25) is 0 Å². The minimum atomic E-state index is -0.441. The van der Waals surface area contributed by atoms with E-state index in [0.29, 0.717) is 56.5 Å². The molecule has 2 aliphatic heterocycles. The average Bonchev–Trinajstić information content (AvgIpc) is 2.75. The van der Waals surface area contributed by atoms with E-state index in [0.717, 1.165) is 22.4 Å². The lowest BCUT2D eigenvalue weighted by atomic mass is 9.93. The van der Waals surface area contributed by atoms with E-state index in [-0.39, 0.29) is 12.2 Å². The van der Waals surface area contributed by atoms with E-state index in [4.69, 9.17) is 30.5 Å². The highest BCUT2D eigenvalue weighted by Gasteiger charge is 2.32. The maximum absolute atomic E-state index is 10.4. The van der Waals surface area contributed by atoms with Crippen LogP contribution in [0.15, 0.2) is 48.6 Å². The summed E-state index contributed by atoms with van der Waals surface area (Å²) in [7, 11) is 0. The molecule has 2 aromatic rings. The first kappa shape index (κ1) is 22.2. The molecule has 2 bridgehead atoms. The lowest BCUT2D eigenvalue weighted by Crippen LogP contribution is -2.34. The SMILES string of the molecule is CCOc1ccc(Cc2cc3c(cc2Cl)OC/C=C\COCC2CC(O)CC3O2)cc1. The highest BCUT2D eigenvalue weighted by Crippen LogP contribution is 2.40. The monoisotopic (exact) mass is 444 g/mol. The van der Waals surface area contributed by atoms with Gasteiger partial charge in [0, 0.05) is 23.4 Å². The Hall–Kier alpha value is -2.05. The molecule has 166 valence electrons. The fourth-order valence-electron chi connectivity index (χ4n) is 4.06. The number of hydrogen-bond donors (Lipinski definition) is 1. The normalized spacial score (nSPS) is 24.8. The van der Waals surface area contributed by atoms with Crippen LogP contribution in [0.25, 0.3) is 0 Å². The van der Waals surface area contributed by atoms with Crippen molar-refractivity contribution in [1.29, 1.82) is 0 Å². The Morgan fingerprint density at radius 2 is 1.90 bits per heavy atom. The number of hydrogen-bond acceptors (Lipinski definition) is 5. The van der Waals surface area contributed by atoms with Gasteiger partial charge in [-0.05, 0) is 54.8 Å². The maximum atomic E-state index is 10.4. The van der Waals surface area contributed by atoms with Gasteiger partial charge in [0.15, 0.2) is 0 Å². The lowest BCUT2D eigenvalue weighted by Gasteiger charge is -2.34. The van der Waals surface area contributed by atoms with Gasteiger partial charge < -0.3 is 24.1 Å². The van der Waals surface area contributed by atoms with Crippen molar-refractivity contribution in [3.05, 3.63) is 70.3 Å². The van der Waals surface area contributed by atoms with Gasteiger partial charge in [-0.2, -0.15) is 0 Å². The molecule has 2 heterocycles. The summed E-state index contributed by atoms with van der Waals surface area (Å²) in [6.07, 6.45) is 4.78. The van der Waals surface area contributed by atoms with Gasteiger partial charge in [0.25, 0.3) is 0 Å². The van der Waals surface area contributed by atoms with E-state index in [2.05, 4.69) is 18.2 Å². The Balaban J connectivity index is 1.64.